The van der Waals surface area contributed by atoms with Crippen molar-refractivity contribution < 1.29 is 9.16 Å². The van der Waals surface area contributed by atoms with Gasteiger partial charge in [0.1, 0.15) is 12.3 Å². The Labute approximate surface area is 153 Å². The van der Waals surface area contributed by atoms with Gasteiger partial charge in [0.25, 0.3) is 5.56 Å². The number of aromatic amines is 1. The largest absolute Gasteiger partial charge is 0.410 e. The quantitative estimate of drug-likeness (QED) is 0.627. The molecule has 0 spiro atoms. The molecule has 0 unspecified atom stereocenters. The fraction of sp³-hybridized carbons (Fsp3) is 0.588. The molecule has 3 rings (SSSR count). The minimum Gasteiger partial charge on any atom is -0.410 e. The van der Waals surface area contributed by atoms with Gasteiger partial charge in [0.15, 0.2) is 19.5 Å². The molecular formula is C17H25N5O3Si. The van der Waals surface area contributed by atoms with Gasteiger partial charge in [-0.25, -0.2) is 4.98 Å². The van der Waals surface area contributed by atoms with Crippen LogP contribution in [-0.2, 0) is 9.16 Å². The molecule has 140 valence electrons. The molecule has 26 heavy (non-hydrogen) atoms. The molecule has 3 heterocycles. The maximum atomic E-state index is 12.0. The van der Waals surface area contributed by atoms with Crippen molar-refractivity contribution in [3.05, 3.63) is 16.7 Å². The van der Waals surface area contributed by atoms with E-state index in [1.807, 2.05) is 0 Å². The lowest BCUT2D eigenvalue weighted by molar-refractivity contribution is 0.0157. The first-order valence-electron chi connectivity index (χ1n) is 8.55. The maximum absolute atomic E-state index is 12.0. The fourth-order valence-electron chi connectivity index (χ4n) is 2.78. The number of nitrogens with zero attached hydrogens (tertiary/aromatic N) is 3. The van der Waals surface area contributed by atoms with Crippen LogP contribution in [0.3, 0.4) is 0 Å². The number of fused-ring (bicyclic) bond motifs is 1. The molecule has 9 heteroatoms. The van der Waals surface area contributed by atoms with E-state index in [-0.39, 0.29) is 28.2 Å². The number of nitrogens with one attached hydrogen (secondary N) is 1. The number of aromatic nitrogens is 4. The van der Waals surface area contributed by atoms with E-state index in [0.29, 0.717) is 12.1 Å². The molecule has 1 fully saturated rings. The monoisotopic (exact) mass is 375 g/mol. The average molecular weight is 376 g/mol. The Bertz CT molecular complexity index is 921. The molecule has 2 aromatic rings. The fourth-order valence-corrected chi connectivity index (χ4v) is 4.11. The number of rotatable bonds is 3. The average Bonchev–Trinajstić information content (AvgIpc) is 3.09. The number of nitrogens with two attached hydrogens (primary N) is 1. The van der Waals surface area contributed by atoms with Crippen molar-refractivity contribution in [2.24, 2.45) is 0 Å². The van der Waals surface area contributed by atoms with E-state index in [2.05, 4.69) is 54.7 Å². The second kappa shape index (κ2) is 6.23. The van der Waals surface area contributed by atoms with E-state index < -0.39 is 20.6 Å². The lowest BCUT2D eigenvalue weighted by Gasteiger charge is -2.38. The summed E-state index contributed by atoms with van der Waals surface area (Å²) in [5, 5.41) is 0.0647. The highest BCUT2D eigenvalue weighted by atomic mass is 28.4. The van der Waals surface area contributed by atoms with Crippen molar-refractivity contribution in [1.29, 1.82) is 0 Å². The summed E-state index contributed by atoms with van der Waals surface area (Å²) >= 11 is 0. The third kappa shape index (κ3) is 3.16. The van der Waals surface area contributed by atoms with Gasteiger partial charge in [0.2, 0.25) is 5.95 Å². The summed E-state index contributed by atoms with van der Waals surface area (Å²) in [7, 11) is -2.01. The molecule has 1 aliphatic heterocycles. The van der Waals surface area contributed by atoms with Crippen LogP contribution in [0, 0.1) is 12.3 Å². The first-order chi connectivity index (χ1) is 12.0. The molecule has 0 radical (unpaired) electrons. The molecule has 0 bridgehead atoms. The first kappa shape index (κ1) is 18.6. The van der Waals surface area contributed by atoms with Gasteiger partial charge in [-0.05, 0) is 18.1 Å². The summed E-state index contributed by atoms with van der Waals surface area (Å²) in [5.41, 5.74) is 5.87. The molecule has 0 saturated carbocycles. The van der Waals surface area contributed by atoms with E-state index in [1.54, 1.807) is 4.57 Å². The van der Waals surface area contributed by atoms with Gasteiger partial charge in [-0.1, -0.05) is 26.7 Å². The summed E-state index contributed by atoms with van der Waals surface area (Å²) in [6.07, 6.45) is 6.66. The smallest absolute Gasteiger partial charge is 0.280 e. The number of imidazole rings is 1. The number of terminal acetylenes is 1. The third-order valence-corrected chi connectivity index (χ3v) is 9.76. The van der Waals surface area contributed by atoms with Gasteiger partial charge in [-0.3, -0.25) is 14.3 Å². The zero-order valence-corrected chi connectivity index (χ0v) is 16.7. The Morgan fingerprint density at radius 1 is 1.50 bits per heavy atom. The summed E-state index contributed by atoms with van der Waals surface area (Å²) < 4.78 is 14.2. The third-order valence-electron chi connectivity index (χ3n) is 5.25. The van der Waals surface area contributed by atoms with Crippen molar-refractivity contribution >= 4 is 25.4 Å². The van der Waals surface area contributed by atoms with Gasteiger partial charge in [-0.15, -0.1) is 6.42 Å². The summed E-state index contributed by atoms with van der Waals surface area (Å²) in [6.45, 7) is 10.9. The molecule has 1 aliphatic rings. The Morgan fingerprint density at radius 2 is 2.19 bits per heavy atom. The van der Waals surface area contributed by atoms with Crippen molar-refractivity contribution in [2.75, 3.05) is 5.73 Å². The van der Waals surface area contributed by atoms with E-state index in [4.69, 9.17) is 21.3 Å². The molecule has 0 aromatic carbocycles. The van der Waals surface area contributed by atoms with E-state index >= 15 is 0 Å². The molecule has 8 nitrogen and oxygen atoms in total. The second-order valence-corrected chi connectivity index (χ2v) is 12.9. The molecule has 0 amide bonds. The molecule has 0 aliphatic carbocycles. The second-order valence-electron chi connectivity index (χ2n) is 8.11. The lowest BCUT2D eigenvalue weighted by atomic mass is 10.2. The highest BCUT2D eigenvalue weighted by Crippen LogP contribution is 2.41. The normalized spacial score (nSPS) is 24.1. The number of hydrogen-bond donors (Lipinski definition) is 2. The van der Waals surface area contributed by atoms with Crippen LogP contribution in [0.1, 0.15) is 33.4 Å². The van der Waals surface area contributed by atoms with Gasteiger partial charge in [0, 0.05) is 6.42 Å². The van der Waals surface area contributed by atoms with Crippen LogP contribution in [0.2, 0.25) is 18.1 Å². The molecule has 3 atom stereocenters. The predicted molar refractivity (Wildman–Crippen MR) is 102 cm³/mol. The van der Waals surface area contributed by atoms with E-state index in [1.165, 1.54) is 6.33 Å². The topological polar surface area (TPSA) is 108 Å². The van der Waals surface area contributed by atoms with Gasteiger partial charge in [0.05, 0.1) is 12.4 Å². The highest BCUT2D eigenvalue weighted by Gasteiger charge is 2.44. The van der Waals surface area contributed by atoms with Crippen molar-refractivity contribution in [1.82, 2.24) is 19.5 Å². The zero-order chi connectivity index (χ0) is 19.3. The Kier molecular flexibility index (Phi) is 4.46. The molecule has 2 aromatic heterocycles. The maximum Gasteiger partial charge on any atom is 0.280 e. The van der Waals surface area contributed by atoms with Crippen LogP contribution < -0.4 is 11.3 Å². The number of hydrogen-bond acceptors (Lipinski definition) is 6. The molecule has 3 N–H and O–H groups in total. The lowest BCUT2D eigenvalue weighted by Crippen LogP contribution is -2.45. The Hall–Kier alpha value is -2.15. The predicted octanol–water partition coefficient (Wildman–Crippen LogP) is 2.01. The van der Waals surface area contributed by atoms with Gasteiger partial charge >= 0.3 is 0 Å². The van der Waals surface area contributed by atoms with Crippen molar-refractivity contribution in [3.63, 3.8) is 0 Å². The first-order valence-corrected chi connectivity index (χ1v) is 11.5. The van der Waals surface area contributed by atoms with Crippen LogP contribution in [-0.4, -0.2) is 40.0 Å². The number of anilines is 1. The summed E-state index contributed by atoms with van der Waals surface area (Å²) in [4.78, 5) is 22.7. The SMILES string of the molecule is C#C[C@H]1O[C@@H](n2cnc3c(=O)[nH]c(N)nc32)C[C@@H]1O[Si](C)(C)C(C)(C)C. The Balaban J connectivity index is 1.91. The van der Waals surface area contributed by atoms with Gasteiger partial charge < -0.3 is 14.9 Å². The van der Waals surface area contributed by atoms with Crippen LogP contribution in [0.5, 0.6) is 0 Å². The standard InChI is InChI=1S/C17H25N5O3Si/c1-7-10-11(25-26(5,6)17(2,3)4)8-12(24-10)22-9-19-13-14(22)20-16(18)21-15(13)23/h1,9-12H,8H2,2-6H3,(H3,18,20,21,23)/t10-,11+,12-/m1/s1. The van der Waals surface area contributed by atoms with Gasteiger partial charge in [-0.2, -0.15) is 4.98 Å². The number of ether oxygens (including phenoxy) is 1. The van der Waals surface area contributed by atoms with Crippen LogP contribution >= 0.6 is 0 Å². The van der Waals surface area contributed by atoms with E-state index in [9.17, 15) is 4.79 Å². The highest BCUT2D eigenvalue weighted by molar-refractivity contribution is 6.74. The van der Waals surface area contributed by atoms with Crippen LogP contribution in [0.4, 0.5) is 5.95 Å². The zero-order valence-electron chi connectivity index (χ0n) is 15.7. The van der Waals surface area contributed by atoms with Crippen LogP contribution in [0.25, 0.3) is 11.2 Å². The number of H-pyrrole nitrogens is 1. The molecular weight excluding hydrogens is 350 g/mol. The minimum atomic E-state index is -2.01. The van der Waals surface area contributed by atoms with E-state index in [0.717, 1.165) is 0 Å². The minimum absolute atomic E-state index is 0.0322. The summed E-state index contributed by atoms with van der Waals surface area (Å²) in [6, 6.07) is 0. The Morgan fingerprint density at radius 3 is 2.81 bits per heavy atom. The molecule has 1 saturated heterocycles. The van der Waals surface area contributed by atoms with Crippen molar-refractivity contribution in [2.45, 2.75) is 63.8 Å². The number of nitrogen functional groups attached to an aromatic ring is 1. The summed E-state index contributed by atoms with van der Waals surface area (Å²) in [5.74, 6) is 2.71. The van der Waals surface area contributed by atoms with Crippen LogP contribution in [0.15, 0.2) is 11.1 Å². The van der Waals surface area contributed by atoms with Crippen molar-refractivity contribution in [3.8, 4) is 12.3 Å².